The largest absolute Gasteiger partial charge is 0.370 e. The Hall–Kier alpha value is -1.27. The molecule has 1 saturated carbocycles. The SMILES string of the molecule is CNC1(C)CN(C2=CC(N)(CC3CC3)N=C(N)N2)C1. The minimum atomic E-state index is -0.628. The maximum Gasteiger partial charge on any atom is 0.196 e. The Balaban J connectivity index is 1.71. The predicted octanol–water partition coefficient (Wildman–Crippen LogP) is -0.505. The number of nitrogens with one attached hydrogen (secondary N) is 2. The molecule has 2 aliphatic heterocycles. The summed E-state index contributed by atoms with van der Waals surface area (Å²) >= 11 is 0. The van der Waals surface area contributed by atoms with Gasteiger partial charge in [-0.15, -0.1) is 0 Å². The van der Waals surface area contributed by atoms with Gasteiger partial charge in [0.1, 0.15) is 11.5 Å². The van der Waals surface area contributed by atoms with Crippen molar-refractivity contribution in [2.45, 2.75) is 37.4 Å². The molecule has 0 spiro atoms. The second kappa shape index (κ2) is 4.11. The van der Waals surface area contributed by atoms with Gasteiger partial charge >= 0.3 is 0 Å². The molecule has 0 bridgehead atoms. The number of likely N-dealkylation sites (tertiary alicyclic amines) is 1. The van der Waals surface area contributed by atoms with Gasteiger partial charge in [0, 0.05) is 13.1 Å². The summed E-state index contributed by atoms with van der Waals surface area (Å²) in [5, 5.41) is 6.47. The topological polar surface area (TPSA) is 91.7 Å². The first-order valence-corrected chi connectivity index (χ1v) is 6.99. The molecule has 2 fully saturated rings. The summed E-state index contributed by atoms with van der Waals surface area (Å²) in [6.07, 6.45) is 5.48. The van der Waals surface area contributed by atoms with Gasteiger partial charge in [0.2, 0.25) is 0 Å². The smallest absolute Gasteiger partial charge is 0.196 e. The third-order valence-corrected chi connectivity index (χ3v) is 4.31. The van der Waals surface area contributed by atoms with Gasteiger partial charge in [-0.25, -0.2) is 4.99 Å². The monoisotopic (exact) mass is 264 g/mol. The Morgan fingerprint density at radius 2 is 2.21 bits per heavy atom. The highest BCUT2D eigenvalue weighted by Gasteiger charge is 2.41. The van der Waals surface area contributed by atoms with Gasteiger partial charge in [-0.05, 0) is 32.4 Å². The summed E-state index contributed by atoms with van der Waals surface area (Å²) < 4.78 is 0. The summed E-state index contributed by atoms with van der Waals surface area (Å²) in [4.78, 5) is 6.64. The fourth-order valence-electron chi connectivity index (χ4n) is 2.87. The summed E-state index contributed by atoms with van der Waals surface area (Å²) in [5.74, 6) is 2.15. The van der Waals surface area contributed by atoms with Crippen LogP contribution in [0.5, 0.6) is 0 Å². The highest BCUT2D eigenvalue weighted by atomic mass is 15.4. The van der Waals surface area contributed by atoms with E-state index in [2.05, 4.69) is 27.4 Å². The van der Waals surface area contributed by atoms with Crippen LogP contribution in [0.1, 0.15) is 26.2 Å². The third-order valence-electron chi connectivity index (χ3n) is 4.31. The van der Waals surface area contributed by atoms with Crippen LogP contribution in [0.25, 0.3) is 0 Å². The van der Waals surface area contributed by atoms with Gasteiger partial charge in [-0.1, -0.05) is 12.8 Å². The van der Waals surface area contributed by atoms with Crippen LogP contribution in [-0.4, -0.2) is 42.2 Å². The molecule has 1 unspecified atom stereocenters. The predicted molar refractivity (Wildman–Crippen MR) is 76.1 cm³/mol. The lowest BCUT2D eigenvalue weighted by Gasteiger charge is -2.51. The van der Waals surface area contributed by atoms with Crippen molar-refractivity contribution in [1.29, 1.82) is 0 Å². The van der Waals surface area contributed by atoms with Crippen LogP contribution >= 0.6 is 0 Å². The van der Waals surface area contributed by atoms with Gasteiger partial charge in [-0.3, -0.25) is 0 Å². The number of nitrogens with two attached hydrogens (primary N) is 2. The van der Waals surface area contributed by atoms with E-state index in [1.807, 2.05) is 13.1 Å². The standard InChI is InChI=1S/C13H24N6/c1-12(16-2)7-19(8-12)10-6-13(15,5-9-3-4-9)18-11(14)17-10/h6,9,16H,3-5,7-8,15H2,1-2H3,(H3,14,17,18). The molecule has 2 heterocycles. The van der Waals surface area contributed by atoms with Crippen molar-refractivity contribution in [2.75, 3.05) is 20.1 Å². The number of hydrogen-bond acceptors (Lipinski definition) is 6. The fourth-order valence-corrected chi connectivity index (χ4v) is 2.87. The molecule has 1 aliphatic carbocycles. The highest BCUT2D eigenvalue weighted by molar-refractivity contribution is 5.81. The summed E-state index contributed by atoms with van der Waals surface area (Å²) in [6, 6.07) is 0. The van der Waals surface area contributed by atoms with Crippen molar-refractivity contribution in [3.05, 3.63) is 11.9 Å². The van der Waals surface area contributed by atoms with Crippen LogP contribution < -0.4 is 22.1 Å². The molecule has 6 heteroatoms. The minimum absolute atomic E-state index is 0.180. The molecule has 0 amide bonds. The third kappa shape index (κ3) is 2.55. The zero-order chi connectivity index (χ0) is 13.7. The zero-order valence-corrected chi connectivity index (χ0v) is 11.7. The Bertz CT molecular complexity index is 432. The molecular formula is C13H24N6. The molecule has 3 rings (SSSR count). The van der Waals surface area contributed by atoms with Crippen LogP contribution in [0.15, 0.2) is 16.9 Å². The second-order valence-electron chi connectivity index (χ2n) is 6.46. The van der Waals surface area contributed by atoms with Crippen molar-refractivity contribution in [1.82, 2.24) is 15.5 Å². The molecular weight excluding hydrogens is 240 g/mol. The van der Waals surface area contributed by atoms with E-state index in [0.29, 0.717) is 5.96 Å². The first-order valence-electron chi connectivity index (χ1n) is 6.99. The van der Waals surface area contributed by atoms with Crippen molar-refractivity contribution in [3.63, 3.8) is 0 Å². The Morgan fingerprint density at radius 1 is 1.53 bits per heavy atom. The van der Waals surface area contributed by atoms with Gasteiger partial charge < -0.3 is 27.0 Å². The quantitative estimate of drug-likeness (QED) is 0.549. The van der Waals surface area contributed by atoms with Crippen molar-refractivity contribution < 1.29 is 0 Å². The molecule has 0 radical (unpaired) electrons. The lowest BCUT2D eigenvalue weighted by molar-refractivity contribution is 0.0881. The van der Waals surface area contributed by atoms with E-state index in [9.17, 15) is 0 Å². The van der Waals surface area contributed by atoms with E-state index in [0.717, 1.165) is 31.2 Å². The Kier molecular flexibility index (Phi) is 2.76. The lowest BCUT2D eigenvalue weighted by Crippen LogP contribution is -2.68. The highest BCUT2D eigenvalue weighted by Crippen LogP contribution is 2.38. The number of rotatable bonds is 4. The molecule has 6 N–H and O–H groups in total. The number of hydrogen-bond donors (Lipinski definition) is 4. The molecule has 1 saturated heterocycles. The minimum Gasteiger partial charge on any atom is -0.370 e. The zero-order valence-electron chi connectivity index (χ0n) is 11.7. The Labute approximate surface area is 114 Å². The summed E-state index contributed by atoms with van der Waals surface area (Å²) in [7, 11) is 2.00. The van der Waals surface area contributed by atoms with Crippen molar-refractivity contribution in [3.8, 4) is 0 Å². The maximum absolute atomic E-state index is 6.37. The van der Waals surface area contributed by atoms with Crippen LogP contribution in [-0.2, 0) is 0 Å². The van der Waals surface area contributed by atoms with E-state index >= 15 is 0 Å². The van der Waals surface area contributed by atoms with Crippen molar-refractivity contribution in [2.24, 2.45) is 22.4 Å². The number of nitrogens with zero attached hydrogens (tertiary/aromatic N) is 2. The molecule has 0 aromatic carbocycles. The molecule has 6 nitrogen and oxygen atoms in total. The van der Waals surface area contributed by atoms with Crippen LogP contribution in [0, 0.1) is 5.92 Å². The summed E-state index contributed by atoms with van der Waals surface area (Å²) in [5.41, 5.74) is 11.8. The van der Waals surface area contributed by atoms with E-state index in [-0.39, 0.29) is 5.54 Å². The van der Waals surface area contributed by atoms with Crippen molar-refractivity contribution >= 4 is 5.96 Å². The summed E-state index contributed by atoms with van der Waals surface area (Å²) in [6.45, 7) is 4.12. The molecule has 1 atom stereocenters. The van der Waals surface area contributed by atoms with E-state index in [1.165, 1.54) is 12.8 Å². The first-order chi connectivity index (χ1) is 8.91. The molecule has 106 valence electrons. The van der Waals surface area contributed by atoms with Gasteiger partial charge in [0.25, 0.3) is 0 Å². The van der Waals surface area contributed by atoms with E-state index < -0.39 is 5.66 Å². The molecule has 19 heavy (non-hydrogen) atoms. The van der Waals surface area contributed by atoms with Gasteiger partial charge in [0.05, 0.1) is 5.54 Å². The maximum atomic E-state index is 6.37. The van der Waals surface area contributed by atoms with E-state index in [1.54, 1.807) is 0 Å². The van der Waals surface area contributed by atoms with Gasteiger partial charge in [-0.2, -0.15) is 0 Å². The average molecular weight is 264 g/mol. The normalized spacial score (nSPS) is 33.1. The number of guanidine groups is 1. The lowest BCUT2D eigenvalue weighted by atomic mass is 9.92. The second-order valence-corrected chi connectivity index (χ2v) is 6.46. The number of likely N-dealkylation sites (N-methyl/N-ethyl adjacent to an activating group) is 1. The first kappa shape index (κ1) is 12.7. The molecule has 0 aromatic heterocycles. The fraction of sp³-hybridized carbons (Fsp3) is 0.769. The Morgan fingerprint density at radius 3 is 2.79 bits per heavy atom. The van der Waals surface area contributed by atoms with Gasteiger partial charge in [0.15, 0.2) is 5.96 Å². The molecule has 3 aliphatic rings. The van der Waals surface area contributed by atoms with E-state index in [4.69, 9.17) is 11.5 Å². The average Bonchev–Trinajstić information content (AvgIpc) is 3.06. The number of aliphatic imine (C=N–C) groups is 1. The molecule has 0 aromatic rings. The van der Waals surface area contributed by atoms with Crippen LogP contribution in [0.3, 0.4) is 0 Å². The van der Waals surface area contributed by atoms with Crippen LogP contribution in [0.4, 0.5) is 0 Å². The van der Waals surface area contributed by atoms with Crippen LogP contribution in [0.2, 0.25) is 0 Å².